The molecule has 150 valence electrons. The lowest BCUT2D eigenvalue weighted by molar-refractivity contribution is -0.384. The number of halogens is 1. The molecule has 0 radical (unpaired) electrons. The number of benzene rings is 2. The maximum atomic E-state index is 12.6. The maximum absolute atomic E-state index is 12.6. The van der Waals surface area contributed by atoms with Crippen LogP contribution in [0.1, 0.15) is 13.3 Å². The zero-order valence-electron chi connectivity index (χ0n) is 15.1. The topological polar surface area (TPSA) is 120 Å². The number of nitrogens with one attached hydrogen (secondary N) is 1. The van der Waals surface area contributed by atoms with E-state index >= 15 is 0 Å². The van der Waals surface area contributed by atoms with Gasteiger partial charge in [-0.3, -0.25) is 15.1 Å². The number of hydrogen-bond acceptors (Lipinski definition) is 6. The molecule has 3 aromatic rings. The summed E-state index contributed by atoms with van der Waals surface area (Å²) in [5, 5.41) is 11.0. The molecular weight excluding hydrogens is 420 g/mol. The summed E-state index contributed by atoms with van der Waals surface area (Å²) in [6, 6.07) is 10.6. The van der Waals surface area contributed by atoms with Crippen LogP contribution in [0, 0.1) is 10.1 Å². The van der Waals surface area contributed by atoms with Crippen LogP contribution in [0.5, 0.6) is 0 Å². The van der Waals surface area contributed by atoms with Crippen molar-refractivity contribution in [2.75, 3.05) is 0 Å². The van der Waals surface area contributed by atoms with Crippen molar-refractivity contribution in [1.29, 1.82) is 0 Å². The molecule has 0 bridgehead atoms. The van der Waals surface area contributed by atoms with E-state index in [0.717, 1.165) is 14.0 Å². The lowest BCUT2D eigenvalue weighted by Gasteiger charge is -2.10. The Kier molecular flexibility index (Phi) is 6.04. The van der Waals surface area contributed by atoms with Crippen LogP contribution in [0.3, 0.4) is 0 Å². The zero-order valence-corrected chi connectivity index (χ0v) is 16.7. The maximum Gasteiger partial charge on any atom is 0.340 e. The smallest absolute Gasteiger partial charge is 0.258 e. The minimum absolute atomic E-state index is 0.0170. The van der Waals surface area contributed by atoms with Gasteiger partial charge in [-0.1, -0.05) is 30.3 Å². The van der Waals surface area contributed by atoms with E-state index in [4.69, 9.17) is 11.6 Å². The first-order valence-corrected chi connectivity index (χ1v) is 9.69. The summed E-state index contributed by atoms with van der Waals surface area (Å²) in [5.41, 5.74) is -2.14. The number of non-ortho nitro benzene ring substituents is 1. The highest BCUT2D eigenvalue weighted by molar-refractivity contribution is 7.99. The van der Waals surface area contributed by atoms with Crippen LogP contribution in [-0.4, -0.2) is 19.0 Å². The predicted octanol–water partition coefficient (Wildman–Crippen LogP) is 2.81. The van der Waals surface area contributed by atoms with E-state index in [1.807, 2.05) is 6.92 Å². The Morgan fingerprint density at radius 1 is 1.10 bits per heavy atom. The molecule has 0 fully saturated rings. The molecule has 1 heterocycles. The van der Waals surface area contributed by atoms with E-state index in [2.05, 4.69) is 4.98 Å². The van der Waals surface area contributed by atoms with Crippen LogP contribution in [-0.2, 0) is 6.54 Å². The molecule has 29 heavy (non-hydrogen) atoms. The molecule has 0 spiro atoms. The van der Waals surface area contributed by atoms with Crippen molar-refractivity contribution in [3.8, 4) is 5.69 Å². The third-order valence-electron chi connectivity index (χ3n) is 3.98. The highest BCUT2D eigenvalue weighted by Crippen LogP contribution is 2.34. The minimum Gasteiger partial charge on any atom is -0.258 e. The molecule has 3 rings (SSSR count). The molecule has 11 heteroatoms. The van der Waals surface area contributed by atoms with Crippen LogP contribution in [0.25, 0.3) is 5.69 Å². The van der Waals surface area contributed by atoms with Gasteiger partial charge >= 0.3 is 17.1 Å². The molecule has 9 nitrogen and oxygen atoms in total. The number of H-pyrrole nitrogens is 1. The van der Waals surface area contributed by atoms with Crippen molar-refractivity contribution in [2.24, 2.45) is 0 Å². The summed E-state index contributed by atoms with van der Waals surface area (Å²) in [5.74, 6) is 0. The molecule has 0 aliphatic carbocycles. The number of nitro benzene ring substituents is 1. The first-order valence-electron chi connectivity index (χ1n) is 8.50. The average molecular weight is 435 g/mol. The second-order valence-corrected chi connectivity index (χ2v) is 7.50. The summed E-state index contributed by atoms with van der Waals surface area (Å²) in [6.45, 7) is 1.98. The van der Waals surface area contributed by atoms with Gasteiger partial charge in [0, 0.05) is 28.5 Å². The van der Waals surface area contributed by atoms with Crippen molar-refractivity contribution in [1.82, 2.24) is 14.1 Å². The Hall–Kier alpha value is -3.11. The minimum atomic E-state index is -0.848. The highest BCUT2D eigenvalue weighted by Gasteiger charge is 2.13. The quantitative estimate of drug-likeness (QED) is 0.470. The SMILES string of the molecule is CCCn1c(=O)[nH]c(=O)n(-c2ccc(Sc3ccc([N+](=O)[O-])cc3)c(Cl)c2)c1=O. The monoisotopic (exact) mass is 434 g/mol. The molecule has 0 saturated heterocycles. The number of rotatable bonds is 6. The number of hydrogen-bond donors (Lipinski definition) is 1. The third kappa shape index (κ3) is 4.33. The van der Waals surface area contributed by atoms with Gasteiger partial charge in [0.1, 0.15) is 0 Å². The van der Waals surface area contributed by atoms with Gasteiger partial charge in [0.15, 0.2) is 0 Å². The van der Waals surface area contributed by atoms with Gasteiger partial charge in [0.05, 0.1) is 15.6 Å². The van der Waals surface area contributed by atoms with Gasteiger partial charge in [-0.2, -0.15) is 0 Å². The van der Waals surface area contributed by atoms with Crippen LogP contribution in [0.15, 0.2) is 66.6 Å². The zero-order chi connectivity index (χ0) is 21.1. The largest absolute Gasteiger partial charge is 0.340 e. The molecular formula is C18H15ClN4O5S. The molecule has 1 N–H and O–H groups in total. The molecule has 0 aliphatic rings. The van der Waals surface area contributed by atoms with Crippen molar-refractivity contribution in [3.63, 3.8) is 0 Å². The van der Waals surface area contributed by atoms with Crippen molar-refractivity contribution < 1.29 is 4.92 Å². The van der Waals surface area contributed by atoms with Crippen molar-refractivity contribution in [2.45, 2.75) is 29.7 Å². The van der Waals surface area contributed by atoms with Gasteiger partial charge in [-0.25, -0.2) is 23.5 Å². The van der Waals surface area contributed by atoms with E-state index in [1.54, 1.807) is 18.2 Å². The van der Waals surface area contributed by atoms with E-state index in [-0.39, 0.29) is 22.9 Å². The Labute approximate surface area is 172 Å². The fourth-order valence-electron chi connectivity index (χ4n) is 2.63. The summed E-state index contributed by atoms with van der Waals surface area (Å²) in [4.78, 5) is 50.4. The molecule has 2 aromatic carbocycles. The molecule has 0 aliphatic heterocycles. The summed E-state index contributed by atoms with van der Waals surface area (Å²) < 4.78 is 1.80. The van der Waals surface area contributed by atoms with Crippen molar-refractivity contribution in [3.05, 3.63) is 89.1 Å². The number of aromatic amines is 1. The van der Waals surface area contributed by atoms with E-state index < -0.39 is 22.0 Å². The first kappa shape index (κ1) is 20.6. The third-order valence-corrected chi connectivity index (χ3v) is 5.49. The molecule has 0 saturated carbocycles. The number of aromatic nitrogens is 3. The highest BCUT2D eigenvalue weighted by atomic mass is 35.5. The summed E-state index contributed by atoms with van der Waals surface area (Å²) >= 11 is 7.60. The predicted molar refractivity (Wildman–Crippen MR) is 109 cm³/mol. The van der Waals surface area contributed by atoms with Gasteiger partial charge in [0.25, 0.3) is 5.69 Å². The molecule has 1 aromatic heterocycles. The van der Waals surface area contributed by atoms with Gasteiger partial charge < -0.3 is 0 Å². The van der Waals surface area contributed by atoms with E-state index in [0.29, 0.717) is 11.3 Å². The molecule has 0 atom stereocenters. The number of nitro groups is 1. The van der Waals surface area contributed by atoms with E-state index in [9.17, 15) is 24.5 Å². The normalized spacial score (nSPS) is 10.8. The fourth-order valence-corrected chi connectivity index (χ4v) is 3.74. The fraction of sp³-hybridized carbons (Fsp3) is 0.167. The summed E-state index contributed by atoms with van der Waals surface area (Å²) in [6.07, 6.45) is 0.548. The van der Waals surface area contributed by atoms with Crippen LogP contribution >= 0.6 is 23.4 Å². The Morgan fingerprint density at radius 3 is 2.38 bits per heavy atom. The van der Waals surface area contributed by atoms with Gasteiger partial charge in [-0.15, -0.1) is 0 Å². The van der Waals surface area contributed by atoms with Gasteiger partial charge in [-0.05, 0) is 36.8 Å². The lowest BCUT2D eigenvalue weighted by Crippen LogP contribution is -2.48. The standard InChI is InChI=1S/C18H15ClN4O5S/c1-2-9-21-16(24)20-17(25)22(18(21)26)12-5-8-15(14(19)10-12)29-13-6-3-11(4-7-13)23(27)28/h3-8,10H,2,9H2,1H3,(H,20,24,25). The van der Waals surface area contributed by atoms with Gasteiger partial charge in [0.2, 0.25) is 0 Å². The van der Waals surface area contributed by atoms with Crippen molar-refractivity contribution >= 4 is 29.1 Å². The first-order chi connectivity index (χ1) is 13.8. The van der Waals surface area contributed by atoms with Crippen LogP contribution < -0.4 is 17.1 Å². The average Bonchev–Trinajstić information content (AvgIpc) is 2.67. The summed E-state index contributed by atoms with van der Waals surface area (Å²) in [7, 11) is 0. The van der Waals surface area contributed by atoms with E-state index in [1.165, 1.54) is 36.0 Å². The molecule has 0 amide bonds. The second kappa shape index (κ2) is 8.50. The van der Waals surface area contributed by atoms with Crippen LogP contribution in [0.4, 0.5) is 5.69 Å². The van der Waals surface area contributed by atoms with Crippen LogP contribution in [0.2, 0.25) is 5.02 Å². The Bertz CT molecular complexity index is 1250. The second-order valence-electron chi connectivity index (χ2n) is 5.97. The Morgan fingerprint density at radius 2 is 1.79 bits per heavy atom. The Balaban J connectivity index is 1.97. The molecule has 0 unspecified atom stereocenters. The lowest BCUT2D eigenvalue weighted by atomic mass is 10.3. The number of nitrogens with zero attached hydrogens (tertiary/aromatic N) is 3.